The van der Waals surface area contributed by atoms with Crippen LogP contribution in [0.4, 0.5) is 4.79 Å². The van der Waals surface area contributed by atoms with Gasteiger partial charge >= 0.3 is 6.03 Å². The minimum absolute atomic E-state index is 0.0998. The van der Waals surface area contributed by atoms with Crippen molar-refractivity contribution in [1.29, 1.82) is 0 Å². The summed E-state index contributed by atoms with van der Waals surface area (Å²) in [7, 11) is 0. The second-order valence-corrected chi connectivity index (χ2v) is 7.42. The van der Waals surface area contributed by atoms with Crippen molar-refractivity contribution >= 4 is 6.03 Å². The molecule has 2 fully saturated rings. The van der Waals surface area contributed by atoms with Gasteiger partial charge in [-0.05, 0) is 63.5 Å². The van der Waals surface area contributed by atoms with E-state index in [2.05, 4.69) is 30.2 Å². The standard InChI is InChI=1S/C19H29N3O2/c1-14(2)24-18-11-17(12-18)21-19(23)22-8-5-15(6-9-22)10-16-4-3-7-20-13-16/h3-4,7,13-15,17-18H,5-6,8-12H2,1-2H3,(H,21,23). The van der Waals surface area contributed by atoms with Gasteiger partial charge in [0.2, 0.25) is 0 Å². The van der Waals surface area contributed by atoms with Gasteiger partial charge in [0.15, 0.2) is 0 Å². The Bertz CT molecular complexity index is 521. The first-order valence-corrected chi connectivity index (χ1v) is 9.20. The van der Waals surface area contributed by atoms with Crippen molar-refractivity contribution in [2.45, 2.75) is 64.2 Å². The molecule has 1 aliphatic carbocycles. The highest BCUT2D eigenvalue weighted by atomic mass is 16.5. The van der Waals surface area contributed by atoms with Crippen LogP contribution in [-0.4, -0.2) is 47.3 Å². The van der Waals surface area contributed by atoms with Crippen molar-refractivity contribution in [3.05, 3.63) is 30.1 Å². The van der Waals surface area contributed by atoms with E-state index >= 15 is 0 Å². The molecule has 3 rings (SSSR count). The monoisotopic (exact) mass is 331 g/mol. The molecular formula is C19H29N3O2. The number of hydrogen-bond donors (Lipinski definition) is 1. The van der Waals surface area contributed by atoms with E-state index in [0.29, 0.717) is 12.0 Å². The topological polar surface area (TPSA) is 54.5 Å². The molecule has 2 heterocycles. The van der Waals surface area contributed by atoms with Crippen LogP contribution in [0, 0.1) is 5.92 Å². The molecule has 0 bridgehead atoms. The zero-order chi connectivity index (χ0) is 16.9. The maximum Gasteiger partial charge on any atom is 0.317 e. The molecule has 5 nitrogen and oxygen atoms in total. The van der Waals surface area contributed by atoms with Gasteiger partial charge in [0, 0.05) is 31.5 Å². The van der Waals surface area contributed by atoms with Gasteiger partial charge < -0.3 is 15.0 Å². The van der Waals surface area contributed by atoms with Crippen LogP contribution in [0.15, 0.2) is 24.5 Å². The molecule has 0 aromatic carbocycles. The number of piperidine rings is 1. The van der Waals surface area contributed by atoms with E-state index in [4.69, 9.17) is 4.74 Å². The smallest absolute Gasteiger partial charge is 0.317 e. The Morgan fingerprint density at radius 3 is 2.75 bits per heavy atom. The highest BCUT2D eigenvalue weighted by Gasteiger charge is 2.33. The normalized spacial score (nSPS) is 24.7. The van der Waals surface area contributed by atoms with Crippen molar-refractivity contribution in [2.24, 2.45) is 5.92 Å². The zero-order valence-electron chi connectivity index (χ0n) is 14.8. The lowest BCUT2D eigenvalue weighted by Crippen LogP contribution is -2.53. The van der Waals surface area contributed by atoms with Crippen LogP contribution in [0.25, 0.3) is 0 Å². The summed E-state index contributed by atoms with van der Waals surface area (Å²) in [6, 6.07) is 4.52. The van der Waals surface area contributed by atoms with Gasteiger partial charge in [0.25, 0.3) is 0 Å². The maximum absolute atomic E-state index is 12.4. The Balaban J connectivity index is 1.35. The Labute approximate surface area is 144 Å². The van der Waals surface area contributed by atoms with Gasteiger partial charge in [-0.25, -0.2) is 4.79 Å². The number of aromatic nitrogens is 1. The molecule has 0 spiro atoms. The maximum atomic E-state index is 12.4. The van der Waals surface area contributed by atoms with Crippen LogP contribution in [0.1, 0.15) is 45.1 Å². The third kappa shape index (κ3) is 4.69. The number of amides is 2. The van der Waals surface area contributed by atoms with E-state index < -0.39 is 0 Å². The quantitative estimate of drug-likeness (QED) is 0.902. The van der Waals surface area contributed by atoms with Crippen molar-refractivity contribution in [3.63, 3.8) is 0 Å². The van der Waals surface area contributed by atoms with Crippen LogP contribution in [0.5, 0.6) is 0 Å². The predicted octanol–water partition coefficient (Wildman–Crippen LogP) is 3.00. The lowest BCUT2D eigenvalue weighted by Gasteiger charge is -2.39. The van der Waals surface area contributed by atoms with E-state index in [1.165, 1.54) is 5.56 Å². The molecule has 24 heavy (non-hydrogen) atoms. The number of nitrogens with one attached hydrogen (secondary N) is 1. The molecule has 1 saturated heterocycles. The third-order valence-electron chi connectivity index (χ3n) is 5.04. The Morgan fingerprint density at radius 2 is 2.12 bits per heavy atom. The number of nitrogens with zero attached hydrogens (tertiary/aromatic N) is 2. The summed E-state index contributed by atoms with van der Waals surface area (Å²) in [6.45, 7) is 5.83. The largest absolute Gasteiger partial charge is 0.375 e. The molecule has 0 radical (unpaired) electrons. The van der Waals surface area contributed by atoms with Crippen LogP contribution in [-0.2, 0) is 11.2 Å². The lowest BCUT2D eigenvalue weighted by molar-refractivity contribution is -0.0482. The van der Waals surface area contributed by atoms with Crippen LogP contribution < -0.4 is 5.32 Å². The molecule has 1 N–H and O–H groups in total. The van der Waals surface area contributed by atoms with E-state index in [1.807, 2.05) is 23.4 Å². The molecular weight excluding hydrogens is 302 g/mol. The average Bonchev–Trinajstić information content (AvgIpc) is 2.54. The number of pyridine rings is 1. The van der Waals surface area contributed by atoms with Gasteiger partial charge in [-0.1, -0.05) is 6.07 Å². The SMILES string of the molecule is CC(C)OC1CC(NC(=O)N2CCC(Cc3cccnc3)CC2)C1. The second-order valence-electron chi connectivity index (χ2n) is 7.42. The lowest BCUT2D eigenvalue weighted by atomic mass is 9.89. The van der Waals surface area contributed by atoms with Gasteiger partial charge in [-0.2, -0.15) is 0 Å². The molecule has 1 aliphatic heterocycles. The minimum Gasteiger partial charge on any atom is -0.375 e. The van der Waals surface area contributed by atoms with Crippen molar-refractivity contribution in [2.75, 3.05) is 13.1 Å². The summed E-state index contributed by atoms with van der Waals surface area (Å²) in [6.07, 6.45) is 9.46. The fourth-order valence-electron chi connectivity index (χ4n) is 3.64. The number of carbonyl (C=O) groups excluding carboxylic acids is 1. The summed E-state index contributed by atoms with van der Waals surface area (Å²) in [5.74, 6) is 0.658. The van der Waals surface area contributed by atoms with Crippen LogP contribution in [0.2, 0.25) is 0 Å². The van der Waals surface area contributed by atoms with Crippen LogP contribution >= 0.6 is 0 Å². The van der Waals surface area contributed by atoms with Gasteiger partial charge in [0.05, 0.1) is 12.2 Å². The average molecular weight is 331 g/mol. The van der Waals surface area contributed by atoms with Crippen LogP contribution in [0.3, 0.4) is 0 Å². The molecule has 1 aromatic rings. The van der Waals surface area contributed by atoms with Crippen molar-refractivity contribution < 1.29 is 9.53 Å². The first kappa shape index (κ1) is 17.2. The first-order valence-electron chi connectivity index (χ1n) is 9.20. The number of hydrogen-bond acceptors (Lipinski definition) is 3. The fourth-order valence-corrected chi connectivity index (χ4v) is 3.64. The Kier molecular flexibility index (Phi) is 5.72. The van der Waals surface area contributed by atoms with E-state index in [-0.39, 0.29) is 18.2 Å². The molecule has 132 valence electrons. The minimum atomic E-state index is 0.0998. The number of ether oxygens (including phenoxy) is 1. The fraction of sp³-hybridized carbons (Fsp3) is 0.684. The second kappa shape index (κ2) is 7.97. The summed E-state index contributed by atoms with van der Waals surface area (Å²) < 4.78 is 5.74. The molecule has 2 aliphatic rings. The Hall–Kier alpha value is -1.62. The molecule has 1 aromatic heterocycles. The number of likely N-dealkylation sites (tertiary alicyclic amines) is 1. The zero-order valence-corrected chi connectivity index (χ0v) is 14.8. The predicted molar refractivity (Wildman–Crippen MR) is 93.8 cm³/mol. The highest BCUT2D eigenvalue weighted by molar-refractivity contribution is 5.74. The first-order chi connectivity index (χ1) is 11.6. The number of carbonyl (C=O) groups is 1. The van der Waals surface area contributed by atoms with E-state index in [1.54, 1.807) is 0 Å². The van der Waals surface area contributed by atoms with Gasteiger partial charge in [-0.3, -0.25) is 4.98 Å². The summed E-state index contributed by atoms with van der Waals surface area (Å²) in [5.41, 5.74) is 1.30. The van der Waals surface area contributed by atoms with Gasteiger partial charge in [0.1, 0.15) is 0 Å². The highest BCUT2D eigenvalue weighted by Crippen LogP contribution is 2.26. The molecule has 0 unspecified atom stereocenters. The molecule has 5 heteroatoms. The molecule has 1 saturated carbocycles. The number of rotatable bonds is 5. The molecule has 2 amide bonds. The summed E-state index contributed by atoms with van der Waals surface area (Å²) in [5, 5.41) is 3.15. The van der Waals surface area contributed by atoms with Crippen molar-refractivity contribution in [1.82, 2.24) is 15.2 Å². The summed E-state index contributed by atoms with van der Waals surface area (Å²) in [4.78, 5) is 18.5. The van der Waals surface area contributed by atoms with Crippen molar-refractivity contribution in [3.8, 4) is 0 Å². The van der Waals surface area contributed by atoms with Gasteiger partial charge in [-0.15, -0.1) is 0 Å². The van der Waals surface area contributed by atoms with E-state index in [9.17, 15) is 4.79 Å². The number of urea groups is 1. The third-order valence-corrected chi connectivity index (χ3v) is 5.04. The summed E-state index contributed by atoms with van der Waals surface area (Å²) >= 11 is 0. The van der Waals surface area contributed by atoms with E-state index in [0.717, 1.165) is 45.2 Å². The molecule has 0 atom stereocenters. The Morgan fingerprint density at radius 1 is 1.38 bits per heavy atom.